The minimum Gasteiger partial charge on any atom is -0.466 e. The van der Waals surface area contributed by atoms with Crippen LogP contribution in [-0.2, 0) is 9.53 Å². The van der Waals surface area contributed by atoms with E-state index in [0.29, 0.717) is 12.6 Å². The third-order valence-electron chi connectivity index (χ3n) is 3.17. The fourth-order valence-electron chi connectivity index (χ4n) is 2.20. The molecule has 8 heteroatoms. The summed E-state index contributed by atoms with van der Waals surface area (Å²) in [5.74, 6) is 0.257. The molecule has 0 amide bonds. The van der Waals surface area contributed by atoms with Crippen LogP contribution in [0.2, 0.25) is 0 Å². The van der Waals surface area contributed by atoms with Crippen molar-refractivity contribution >= 4 is 29.4 Å². The first-order valence-corrected chi connectivity index (χ1v) is 9.41. The first kappa shape index (κ1) is 19.7. The van der Waals surface area contributed by atoms with Crippen molar-refractivity contribution in [3.8, 4) is 0 Å². The Labute approximate surface area is 157 Å². The molecule has 0 saturated carbocycles. The molecular formula is C18H23N5O2S. The van der Waals surface area contributed by atoms with Gasteiger partial charge in [0.05, 0.1) is 24.4 Å². The van der Waals surface area contributed by atoms with Gasteiger partial charge in [-0.25, -0.2) is 9.97 Å². The molecule has 3 rings (SSSR count). The summed E-state index contributed by atoms with van der Waals surface area (Å²) in [7, 11) is 0. The predicted octanol–water partition coefficient (Wildman–Crippen LogP) is 3.25. The number of hydrogen-bond donors (Lipinski definition) is 2. The minimum atomic E-state index is -0.258. The highest BCUT2D eigenvalue weighted by Gasteiger charge is 2.28. The number of anilines is 1. The van der Waals surface area contributed by atoms with Crippen molar-refractivity contribution in [2.24, 2.45) is 0 Å². The van der Waals surface area contributed by atoms with Crippen molar-refractivity contribution in [2.45, 2.75) is 32.7 Å². The molecule has 3 heterocycles. The molecule has 138 valence electrons. The zero-order valence-electron chi connectivity index (χ0n) is 15.1. The summed E-state index contributed by atoms with van der Waals surface area (Å²) in [5, 5.41) is 6.52. The average molecular weight is 373 g/mol. The van der Waals surface area contributed by atoms with Gasteiger partial charge < -0.3 is 15.4 Å². The number of esters is 1. The van der Waals surface area contributed by atoms with Gasteiger partial charge in [-0.05, 0) is 25.1 Å². The topological polar surface area (TPSA) is 89.0 Å². The lowest BCUT2D eigenvalue weighted by Crippen LogP contribution is -2.29. The van der Waals surface area contributed by atoms with Crippen LogP contribution < -0.4 is 10.6 Å². The van der Waals surface area contributed by atoms with Crippen molar-refractivity contribution in [2.75, 3.05) is 11.9 Å². The van der Waals surface area contributed by atoms with Crippen molar-refractivity contribution in [1.29, 1.82) is 0 Å². The Kier molecular flexibility index (Phi) is 7.88. The van der Waals surface area contributed by atoms with E-state index in [2.05, 4.69) is 25.6 Å². The standard InChI is InChI=1S/C16H17N5O2S.C2H6/c1-2-23-13(22)10-12-14(11-6-3-4-7-17-11)20-16(24-12)21-15-18-8-5-9-19-15;1-2/h3-9,16,20H,2,10H2,1H3,(H,18,19,21);1-2H3. The number of nitrogens with one attached hydrogen (secondary N) is 2. The second kappa shape index (κ2) is 10.4. The molecule has 0 aromatic carbocycles. The zero-order valence-corrected chi connectivity index (χ0v) is 15.9. The van der Waals surface area contributed by atoms with Crippen LogP contribution in [0.1, 0.15) is 32.9 Å². The maximum atomic E-state index is 11.9. The molecule has 0 spiro atoms. The summed E-state index contributed by atoms with van der Waals surface area (Å²) in [6.45, 7) is 6.16. The van der Waals surface area contributed by atoms with Gasteiger partial charge in [0.1, 0.15) is 0 Å². The Hall–Kier alpha value is -2.61. The lowest BCUT2D eigenvalue weighted by atomic mass is 10.2. The molecule has 7 nitrogen and oxygen atoms in total. The SMILES string of the molecule is CC.CCOC(=O)CC1=C(c2ccccn2)NC(Nc2ncccn2)S1. The third kappa shape index (κ3) is 5.45. The largest absolute Gasteiger partial charge is 0.466 e. The van der Waals surface area contributed by atoms with E-state index in [1.807, 2.05) is 32.0 Å². The predicted molar refractivity (Wildman–Crippen MR) is 104 cm³/mol. The van der Waals surface area contributed by atoms with Crippen molar-refractivity contribution in [3.63, 3.8) is 0 Å². The molecule has 1 aliphatic heterocycles. The highest BCUT2D eigenvalue weighted by Crippen LogP contribution is 2.37. The normalized spacial score (nSPS) is 15.6. The second-order valence-corrected chi connectivity index (χ2v) is 6.05. The van der Waals surface area contributed by atoms with Crippen LogP contribution in [-0.4, -0.2) is 33.0 Å². The second-order valence-electron chi connectivity index (χ2n) is 4.85. The van der Waals surface area contributed by atoms with Gasteiger partial charge in [-0.3, -0.25) is 9.78 Å². The zero-order chi connectivity index (χ0) is 18.8. The Balaban J connectivity index is 0.00000117. The Morgan fingerprint density at radius 2 is 1.92 bits per heavy atom. The van der Waals surface area contributed by atoms with Gasteiger partial charge in [-0.1, -0.05) is 31.7 Å². The van der Waals surface area contributed by atoms with Crippen LogP contribution in [0.15, 0.2) is 47.8 Å². The first-order chi connectivity index (χ1) is 12.8. The summed E-state index contributed by atoms with van der Waals surface area (Å²) in [4.78, 5) is 25.4. The Morgan fingerprint density at radius 3 is 2.58 bits per heavy atom. The van der Waals surface area contributed by atoms with Crippen molar-refractivity contribution < 1.29 is 9.53 Å². The van der Waals surface area contributed by atoms with Crippen molar-refractivity contribution in [1.82, 2.24) is 20.3 Å². The van der Waals surface area contributed by atoms with Gasteiger partial charge >= 0.3 is 5.97 Å². The van der Waals surface area contributed by atoms with E-state index >= 15 is 0 Å². The number of hydrogen-bond acceptors (Lipinski definition) is 8. The molecule has 2 N–H and O–H groups in total. The Morgan fingerprint density at radius 1 is 1.19 bits per heavy atom. The van der Waals surface area contributed by atoms with E-state index in [9.17, 15) is 4.79 Å². The molecule has 1 unspecified atom stereocenters. The van der Waals surface area contributed by atoms with Gasteiger partial charge in [-0.15, -0.1) is 0 Å². The summed E-state index contributed by atoms with van der Waals surface area (Å²) in [6.07, 6.45) is 5.26. The summed E-state index contributed by atoms with van der Waals surface area (Å²) >= 11 is 1.50. The van der Waals surface area contributed by atoms with Crippen LogP contribution in [0.25, 0.3) is 5.70 Å². The highest BCUT2D eigenvalue weighted by molar-refractivity contribution is 8.04. The minimum absolute atomic E-state index is 0.186. The van der Waals surface area contributed by atoms with E-state index in [1.165, 1.54) is 11.8 Å². The monoisotopic (exact) mass is 373 g/mol. The van der Waals surface area contributed by atoms with Gasteiger partial charge in [0.2, 0.25) is 5.95 Å². The average Bonchev–Trinajstić information content (AvgIpc) is 3.07. The molecule has 0 aliphatic carbocycles. The maximum Gasteiger partial charge on any atom is 0.310 e. The van der Waals surface area contributed by atoms with Gasteiger partial charge in [-0.2, -0.15) is 0 Å². The number of thioether (sulfide) groups is 1. The lowest BCUT2D eigenvalue weighted by molar-refractivity contribution is -0.142. The maximum absolute atomic E-state index is 11.9. The molecule has 0 fully saturated rings. The van der Waals surface area contributed by atoms with Crippen LogP contribution in [0.3, 0.4) is 0 Å². The van der Waals surface area contributed by atoms with Gasteiger partial charge in [0, 0.05) is 23.5 Å². The number of aromatic nitrogens is 3. The third-order valence-corrected chi connectivity index (χ3v) is 4.28. The number of nitrogens with zero attached hydrogens (tertiary/aromatic N) is 3. The summed E-state index contributed by atoms with van der Waals surface area (Å²) in [6, 6.07) is 7.41. The highest BCUT2D eigenvalue weighted by atomic mass is 32.2. The smallest absolute Gasteiger partial charge is 0.310 e. The molecule has 0 saturated heterocycles. The summed E-state index contributed by atoms with van der Waals surface area (Å²) < 4.78 is 5.06. The molecule has 2 aromatic heterocycles. The van der Waals surface area contributed by atoms with Crippen LogP contribution >= 0.6 is 11.8 Å². The summed E-state index contributed by atoms with van der Waals surface area (Å²) in [5.41, 5.74) is 1.42. The van der Waals surface area contributed by atoms with E-state index in [4.69, 9.17) is 4.74 Å². The molecule has 0 radical (unpaired) electrons. The lowest BCUT2D eigenvalue weighted by Gasteiger charge is -2.13. The van der Waals surface area contributed by atoms with E-state index in [1.54, 1.807) is 31.6 Å². The number of carbonyl (C=O) groups excluding carboxylic acids is 1. The first-order valence-electron chi connectivity index (χ1n) is 8.53. The fraction of sp³-hybridized carbons (Fsp3) is 0.333. The fourth-order valence-corrected chi connectivity index (χ4v) is 3.31. The van der Waals surface area contributed by atoms with Gasteiger partial charge in [0.15, 0.2) is 5.50 Å². The number of pyridine rings is 1. The number of rotatable bonds is 6. The molecule has 0 bridgehead atoms. The quantitative estimate of drug-likeness (QED) is 0.746. The molecule has 26 heavy (non-hydrogen) atoms. The molecular weight excluding hydrogens is 350 g/mol. The van der Waals surface area contributed by atoms with Crippen LogP contribution in [0, 0.1) is 0 Å². The molecule has 1 atom stereocenters. The molecule has 1 aliphatic rings. The van der Waals surface area contributed by atoms with E-state index in [-0.39, 0.29) is 17.9 Å². The van der Waals surface area contributed by atoms with Crippen molar-refractivity contribution in [3.05, 3.63) is 53.5 Å². The van der Waals surface area contributed by atoms with E-state index in [0.717, 1.165) is 16.3 Å². The Bertz CT molecular complexity index is 725. The van der Waals surface area contributed by atoms with Crippen LogP contribution in [0.4, 0.5) is 5.95 Å². The number of carbonyl (C=O) groups is 1. The van der Waals surface area contributed by atoms with Crippen LogP contribution in [0.5, 0.6) is 0 Å². The number of ether oxygens (including phenoxy) is 1. The van der Waals surface area contributed by atoms with E-state index < -0.39 is 0 Å². The van der Waals surface area contributed by atoms with Gasteiger partial charge in [0.25, 0.3) is 0 Å². The molecule has 2 aromatic rings.